The van der Waals surface area contributed by atoms with Gasteiger partial charge >= 0.3 is 12.2 Å². The Balaban J connectivity index is 0.000000320. The molecule has 10 nitrogen and oxygen atoms in total. The minimum absolute atomic E-state index is 0. The number of piperazine rings is 2. The van der Waals surface area contributed by atoms with Crippen LogP contribution < -0.4 is 10.6 Å². The van der Waals surface area contributed by atoms with Crippen molar-refractivity contribution in [1.82, 2.24) is 30.2 Å². The molecule has 4 aliphatic rings. The summed E-state index contributed by atoms with van der Waals surface area (Å²) < 4.78 is 10.8. The molecule has 2 unspecified atom stereocenters. The maximum Gasteiger partial charge on any atom is 0.407 e. The Labute approximate surface area is 289 Å². The summed E-state index contributed by atoms with van der Waals surface area (Å²) in [7, 11) is 0. The van der Waals surface area contributed by atoms with Crippen LogP contribution in [-0.4, -0.2) is 132 Å². The monoisotopic (exact) mass is 667 g/mol. The molecule has 2 saturated carbocycles. The number of nitrogens with zero attached hydrogens (tertiary/aromatic N) is 4. The summed E-state index contributed by atoms with van der Waals surface area (Å²) in [5.74, 6) is 0. The summed E-state index contributed by atoms with van der Waals surface area (Å²) in [6.07, 6.45) is 8.61. The molecular formula is C37H74N6O4. The fourth-order valence-electron chi connectivity index (χ4n) is 7.44. The maximum atomic E-state index is 12.0. The molecule has 4 atom stereocenters. The topological polar surface area (TPSA) is 89.6 Å². The van der Waals surface area contributed by atoms with Crippen LogP contribution >= 0.6 is 0 Å². The van der Waals surface area contributed by atoms with Crippen molar-refractivity contribution in [2.45, 2.75) is 175 Å². The SMILES string of the molecule is C.CC(C)N1CCN(C2CCC[C@@H](NC(=O)OC(C)(C)C)C2)CC1.CC(C)N1CCN([C@H]2CCCC(NC(=O)OC(C)(C)C)C2)CC1. The Morgan fingerprint density at radius 1 is 0.574 bits per heavy atom. The number of alkyl carbamates (subject to hydrolysis) is 2. The van der Waals surface area contributed by atoms with Gasteiger partial charge in [0.2, 0.25) is 0 Å². The number of carbonyl (C=O) groups excluding carboxylic acids is 2. The highest BCUT2D eigenvalue weighted by atomic mass is 16.6. The van der Waals surface area contributed by atoms with Crippen molar-refractivity contribution in [3.8, 4) is 0 Å². The van der Waals surface area contributed by atoms with E-state index in [1.807, 2.05) is 41.5 Å². The van der Waals surface area contributed by atoms with Gasteiger partial charge in [-0.2, -0.15) is 0 Å². The number of amides is 2. The molecule has 276 valence electrons. The van der Waals surface area contributed by atoms with Gasteiger partial charge in [0.25, 0.3) is 0 Å². The lowest BCUT2D eigenvalue weighted by atomic mass is 9.89. The van der Waals surface area contributed by atoms with Gasteiger partial charge in [0.1, 0.15) is 11.2 Å². The molecule has 2 aliphatic heterocycles. The van der Waals surface area contributed by atoms with Crippen molar-refractivity contribution < 1.29 is 19.1 Å². The van der Waals surface area contributed by atoms with Crippen LogP contribution in [0, 0.1) is 0 Å². The molecule has 2 amide bonds. The van der Waals surface area contributed by atoms with Crippen LogP contribution in [0.25, 0.3) is 0 Å². The quantitative estimate of drug-likeness (QED) is 0.340. The first-order chi connectivity index (χ1) is 21.5. The molecule has 0 radical (unpaired) electrons. The molecule has 0 aromatic rings. The van der Waals surface area contributed by atoms with Gasteiger partial charge in [0.15, 0.2) is 0 Å². The highest BCUT2D eigenvalue weighted by Crippen LogP contribution is 2.26. The van der Waals surface area contributed by atoms with Crippen molar-refractivity contribution in [2.75, 3.05) is 52.4 Å². The van der Waals surface area contributed by atoms with Crippen LogP contribution in [0.4, 0.5) is 9.59 Å². The van der Waals surface area contributed by atoms with E-state index in [4.69, 9.17) is 9.47 Å². The Kier molecular flexibility index (Phi) is 16.8. The number of ether oxygens (including phenoxy) is 2. The molecule has 4 fully saturated rings. The lowest BCUT2D eigenvalue weighted by molar-refractivity contribution is 0.0399. The molecule has 2 N–H and O–H groups in total. The number of hydrogen-bond donors (Lipinski definition) is 2. The van der Waals surface area contributed by atoms with Gasteiger partial charge in [-0.25, -0.2) is 9.59 Å². The first kappa shape index (κ1) is 41.6. The summed E-state index contributed by atoms with van der Waals surface area (Å²) in [6, 6.07) is 3.02. The number of nitrogens with one attached hydrogen (secondary N) is 2. The zero-order valence-electron chi connectivity index (χ0n) is 31.2. The van der Waals surface area contributed by atoms with Gasteiger partial charge in [-0.1, -0.05) is 7.43 Å². The first-order valence-electron chi connectivity index (χ1n) is 18.4. The second-order valence-electron chi connectivity index (χ2n) is 16.7. The Bertz CT molecular complexity index is 843. The molecule has 0 aromatic heterocycles. The third-order valence-electron chi connectivity index (χ3n) is 9.93. The Morgan fingerprint density at radius 3 is 1.17 bits per heavy atom. The molecule has 0 spiro atoms. The van der Waals surface area contributed by atoms with Crippen molar-refractivity contribution in [3.63, 3.8) is 0 Å². The van der Waals surface area contributed by atoms with Gasteiger partial charge in [-0.3, -0.25) is 19.6 Å². The second kappa shape index (κ2) is 19.0. The Hall–Kier alpha value is -1.62. The van der Waals surface area contributed by atoms with Crippen LogP contribution in [0.3, 0.4) is 0 Å². The molecular weight excluding hydrogens is 592 g/mol. The molecule has 0 aromatic carbocycles. The van der Waals surface area contributed by atoms with Crippen molar-refractivity contribution in [3.05, 3.63) is 0 Å². The summed E-state index contributed by atoms with van der Waals surface area (Å²) in [6.45, 7) is 29.8. The van der Waals surface area contributed by atoms with Gasteiger partial charge in [-0.05, 0) is 121 Å². The molecule has 2 aliphatic carbocycles. The summed E-state index contributed by atoms with van der Waals surface area (Å²) in [4.78, 5) is 34.3. The number of rotatable bonds is 6. The van der Waals surface area contributed by atoms with E-state index in [9.17, 15) is 9.59 Å². The normalized spacial score (nSPS) is 27.3. The van der Waals surface area contributed by atoms with E-state index in [1.165, 1.54) is 51.9 Å². The van der Waals surface area contributed by atoms with Crippen LogP contribution in [0.5, 0.6) is 0 Å². The predicted molar refractivity (Wildman–Crippen MR) is 194 cm³/mol. The summed E-state index contributed by atoms with van der Waals surface area (Å²) >= 11 is 0. The number of carbonyl (C=O) groups is 2. The van der Waals surface area contributed by atoms with Crippen molar-refractivity contribution >= 4 is 12.2 Å². The molecule has 2 heterocycles. The third kappa shape index (κ3) is 15.2. The van der Waals surface area contributed by atoms with Gasteiger partial charge in [0, 0.05) is 88.6 Å². The van der Waals surface area contributed by atoms with E-state index in [0.717, 1.165) is 51.9 Å². The third-order valence-corrected chi connectivity index (χ3v) is 9.93. The van der Waals surface area contributed by atoms with E-state index in [1.54, 1.807) is 0 Å². The van der Waals surface area contributed by atoms with E-state index in [2.05, 4.69) is 57.9 Å². The highest BCUT2D eigenvalue weighted by Gasteiger charge is 2.32. The molecule has 0 bridgehead atoms. The average Bonchev–Trinajstić information content (AvgIpc) is 2.96. The smallest absolute Gasteiger partial charge is 0.407 e. The molecule has 2 saturated heterocycles. The minimum Gasteiger partial charge on any atom is -0.444 e. The van der Waals surface area contributed by atoms with E-state index in [-0.39, 0.29) is 31.7 Å². The minimum atomic E-state index is -0.425. The fourth-order valence-corrected chi connectivity index (χ4v) is 7.44. The lowest BCUT2D eigenvalue weighted by Gasteiger charge is -2.43. The highest BCUT2D eigenvalue weighted by molar-refractivity contribution is 5.68. The van der Waals surface area contributed by atoms with Crippen LogP contribution in [0.2, 0.25) is 0 Å². The zero-order chi connectivity index (χ0) is 34.1. The standard InChI is InChI=1S/2C18H35N3O2.CH4/c2*1-14(2)20-9-11-21(12-10-20)16-8-6-7-15(13-16)19-17(22)23-18(3,4)5;/h2*14-16H,6-13H2,1-5H3,(H,19,22);1H4/t15?,16-;15-,16?;/m01./s1. The second-order valence-corrected chi connectivity index (χ2v) is 16.7. The van der Waals surface area contributed by atoms with Crippen LogP contribution in [0.1, 0.15) is 128 Å². The first-order valence-corrected chi connectivity index (χ1v) is 18.4. The summed E-state index contributed by atoms with van der Waals surface area (Å²) in [5, 5.41) is 6.15. The van der Waals surface area contributed by atoms with Crippen LogP contribution in [-0.2, 0) is 9.47 Å². The van der Waals surface area contributed by atoms with Gasteiger partial charge in [-0.15, -0.1) is 0 Å². The molecule has 4 rings (SSSR count). The fraction of sp³-hybridized carbons (Fsp3) is 0.946. The maximum absolute atomic E-state index is 12.0. The largest absolute Gasteiger partial charge is 0.444 e. The van der Waals surface area contributed by atoms with Crippen molar-refractivity contribution in [1.29, 1.82) is 0 Å². The van der Waals surface area contributed by atoms with E-state index >= 15 is 0 Å². The predicted octanol–water partition coefficient (Wildman–Crippen LogP) is 6.33. The molecule has 10 heteroatoms. The van der Waals surface area contributed by atoms with E-state index < -0.39 is 11.2 Å². The van der Waals surface area contributed by atoms with Crippen molar-refractivity contribution in [2.24, 2.45) is 0 Å². The van der Waals surface area contributed by atoms with Crippen LogP contribution in [0.15, 0.2) is 0 Å². The summed E-state index contributed by atoms with van der Waals surface area (Å²) in [5.41, 5.74) is -0.851. The molecule has 47 heavy (non-hydrogen) atoms. The van der Waals surface area contributed by atoms with E-state index in [0.29, 0.717) is 24.2 Å². The van der Waals surface area contributed by atoms with Gasteiger partial charge in [0.05, 0.1) is 0 Å². The average molecular weight is 667 g/mol. The van der Waals surface area contributed by atoms with Gasteiger partial charge < -0.3 is 20.1 Å². The zero-order valence-corrected chi connectivity index (χ0v) is 31.2. The Morgan fingerprint density at radius 2 is 0.894 bits per heavy atom. The number of hydrogen-bond acceptors (Lipinski definition) is 8. The lowest BCUT2D eigenvalue weighted by Crippen LogP contribution is -2.54.